The molecule has 0 amide bonds. The number of hydrazine groups is 1. The molecule has 2 heteroatoms. The fraction of sp³-hybridized carbons (Fsp3) is 0.818. The molecule has 0 fully saturated rings. The molecule has 0 heterocycles. The Bertz CT molecular complexity index is 161. The Balaban J connectivity index is 4.06. The third-order valence-corrected chi connectivity index (χ3v) is 2.52. The van der Waals surface area contributed by atoms with Gasteiger partial charge in [0.2, 0.25) is 0 Å². The summed E-state index contributed by atoms with van der Waals surface area (Å²) in [5, 5.41) is 4.36. The van der Waals surface area contributed by atoms with E-state index in [4.69, 9.17) is 0 Å². The largest absolute Gasteiger partial charge is 0.317 e. The quantitative estimate of drug-likeness (QED) is 0.606. The Morgan fingerprint density at radius 3 is 2.15 bits per heavy atom. The first-order valence-electron chi connectivity index (χ1n) is 4.99. The highest BCUT2D eigenvalue weighted by Crippen LogP contribution is 2.20. The van der Waals surface area contributed by atoms with E-state index in [1.807, 2.05) is 6.92 Å². The molecule has 0 atom stereocenters. The summed E-state index contributed by atoms with van der Waals surface area (Å²) in [5.74, 6) is 0. The van der Waals surface area contributed by atoms with Crippen molar-refractivity contribution in [2.45, 2.75) is 34.1 Å². The fourth-order valence-corrected chi connectivity index (χ4v) is 1.17. The fourth-order valence-electron chi connectivity index (χ4n) is 1.17. The van der Waals surface area contributed by atoms with Gasteiger partial charge in [0, 0.05) is 26.8 Å². The van der Waals surface area contributed by atoms with Crippen LogP contribution in [0.2, 0.25) is 0 Å². The topological polar surface area (TPSA) is 6.48 Å². The zero-order chi connectivity index (χ0) is 10.5. The molecule has 0 aromatic heterocycles. The molecule has 0 unspecified atom stereocenters. The Morgan fingerprint density at radius 1 is 1.23 bits per heavy atom. The molecule has 78 valence electrons. The number of nitrogens with zero attached hydrogens (tertiary/aromatic N) is 2. The van der Waals surface area contributed by atoms with Crippen LogP contribution in [0.1, 0.15) is 34.1 Å². The summed E-state index contributed by atoms with van der Waals surface area (Å²) in [5.41, 5.74) is 0.393. The number of allylic oxidation sites excluding steroid dienone is 1. The third-order valence-electron chi connectivity index (χ3n) is 2.52. The lowest BCUT2D eigenvalue weighted by molar-refractivity contribution is 0.0370. The average molecular weight is 184 g/mol. The first kappa shape index (κ1) is 12.5. The molecule has 0 aliphatic rings. The van der Waals surface area contributed by atoms with Gasteiger partial charge in [0.1, 0.15) is 0 Å². The lowest BCUT2D eigenvalue weighted by Crippen LogP contribution is -2.39. The molecule has 0 saturated heterocycles. The SMILES string of the molecule is C/C=C/N(C)N(C)CC(C)(C)CC. The van der Waals surface area contributed by atoms with Crippen molar-refractivity contribution >= 4 is 0 Å². The van der Waals surface area contributed by atoms with Crippen LogP contribution in [-0.2, 0) is 0 Å². The van der Waals surface area contributed by atoms with Crippen molar-refractivity contribution in [2.75, 3.05) is 20.6 Å². The van der Waals surface area contributed by atoms with Gasteiger partial charge in [0.15, 0.2) is 0 Å². The van der Waals surface area contributed by atoms with E-state index in [-0.39, 0.29) is 0 Å². The number of rotatable bonds is 5. The summed E-state index contributed by atoms with van der Waals surface area (Å²) in [7, 11) is 4.20. The van der Waals surface area contributed by atoms with Gasteiger partial charge < -0.3 is 5.01 Å². The molecule has 0 saturated carbocycles. The zero-order valence-electron chi connectivity index (χ0n) is 9.96. The number of hydrogen-bond acceptors (Lipinski definition) is 2. The van der Waals surface area contributed by atoms with E-state index in [1.54, 1.807) is 0 Å². The Morgan fingerprint density at radius 2 is 1.77 bits per heavy atom. The van der Waals surface area contributed by atoms with E-state index in [1.165, 1.54) is 6.42 Å². The van der Waals surface area contributed by atoms with E-state index in [0.717, 1.165) is 6.54 Å². The Kier molecular flexibility index (Phi) is 5.07. The highest BCUT2D eigenvalue weighted by atomic mass is 15.6. The van der Waals surface area contributed by atoms with Crippen molar-refractivity contribution in [3.63, 3.8) is 0 Å². The Labute approximate surface area is 83.2 Å². The van der Waals surface area contributed by atoms with Gasteiger partial charge in [0.25, 0.3) is 0 Å². The second-order valence-corrected chi connectivity index (χ2v) is 4.39. The summed E-state index contributed by atoms with van der Waals surface area (Å²) in [6.07, 6.45) is 5.34. The maximum absolute atomic E-state index is 2.30. The van der Waals surface area contributed by atoms with Gasteiger partial charge in [-0.1, -0.05) is 26.8 Å². The lowest BCUT2D eigenvalue weighted by Gasteiger charge is -2.34. The van der Waals surface area contributed by atoms with Gasteiger partial charge in [-0.25, -0.2) is 5.01 Å². The van der Waals surface area contributed by atoms with E-state index < -0.39 is 0 Å². The normalized spacial score (nSPS) is 12.8. The molecule has 0 aliphatic carbocycles. The van der Waals surface area contributed by atoms with Crippen LogP contribution in [0.5, 0.6) is 0 Å². The van der Waals surface area contributed by atoms with Crippen LogP contribution in [0.3, 0.4) is 0 Å². The predicted octanol–water partition coefficient (Wildman–Crippen LogP) is 2.73. The zero-order valence-corrected chi connectivity index (χ0v) is 9.96. The van der Waals surface area contributed by atoms with Gasteiger partial charge in [-0.15, -0.1) is 0 Å². The molecule has 0 N–H and O–H groups in total. The van der Waals surface area contributed by atoms with E-state index >= 15 is 0 Å². The maximum atomic E-state index is 2.30. The molecule has 13 heavy (non-hydrogen) atoms. The van der Waals surface area contributed by atoms with Crippen LogP contribution in [0.4, 0.5) is 0 Å². The monoisotopic (exact) mass is 184 g/mol. The lowest BCUT2D eigenvalue weighted by atomic mass is 9.90. The average Bonchev–Trinajstić information content (AvgIpc) is 2.04. The molecular formula is C11H24N2. The molecule has 0 rings (SSSR count). The van der Waals surface area contributed by atoms with Gasteiger partial charge in [0.05, 0.1) is 0 Å². The summed E-state index contributed by atoms with van der Waals surface area (Å²) in [6, 6.07) is 0. The standard InChI is InChI=1S/C11H24N2/c1-7-9-12(5)13(6)10-11(3,4)8-2/h7,9H,8,10H2,1-6H3/b9-7+. The molecule has 0 aromatic carbocycles. The van der Waals surface area contributed by atoms with E-state index in [2.05, 4.69) is 57.2 Å². The molecule has 0 spiro atoms. The molecular weight excluding hydrogens is 160 g/mol. The first-order valence-corrected chi connectivity index (χ1v) is 4.99. The van der Waals surface area contributed by atoms with Gasteiger partial charge in [-0.2, -0.15) is 0 Å². The minimum atomic E-state index is 0.393. The maximum Gasteiger partial charge on any atom is 0.0228 e. The van der Waals surface area contributed by atoms with Crippen molar-refractivity contribution in [1.82, 2.24) is 10.0 Å². The number of hydrogen-bond donors (Lipinski definition) is 0. The first-order chi connectivity index (χ1) is 5.93. The second-order valence-electron chi connectivity index (χ2n) is 4.39. The van der Waals surface area contributed by atoms with Crippen LogP contribution in [0, 0.1) is 5.41 Å². The van der Waals surface area contributed by atoms with Crippen molar-refractivity contribution < 1.29 is 0 Å². The predicted molar refractivity (Wildman–Crippen MR) is 59.3 cm³/mol. The van der Waals surface area contributed by atoms with Gasteiger partial charge >= 0.3 is 0 Å². The summed E-state index contributed by atoms with van der Waals surface area (Å²) in [6.45, 7) is 9.96. The van der Waals surface area contributed by atoms with Gasteiger partial charge in [-0.3, -0.25) is 0 Å². The van der Waals surface area contributed by atoms with Gasteiger partial charge in [-0.05, 0) is 18.8 Å². The summed E-state index contributed by atoms with van der Waals surface area (Å²) >= 11 is 0. The molecule has 0 aromatic rings. The highest BCUT2D eigenvalue weighted by Gasteiger charge is 2.18. The van der Waals surface area contributed by atoms with E-state index in [0.29, 0.717) is 5.41 Å². The molecule has 0 aliphatic heterocycles. The minimum Gasteiger partial charge on any atom is -0.317 e. The minimum absolute atomic E-state index is 0.393. The van der Waals surface area contributed by atoms with Crippen LogP contribution >= 0.6 is 0 Å². The van der Waals surface area contributed by atoms with Crippen LogP contribution < -0.4 is 0 Å². The van der Waals surface area contributed by atoms with Crippen LogP contribution in [0.15, 0.2) is 12.3 Å². The smallest absolute Gasteiger partial charge is 0.0228 e. The van der Waals surface area contributed by atoms with Crippen molar-refractivity contribution in [1.29, 1.82) is 0 Å². The van der Waals surface area contributed by atoms with E-state index in [9.17, 15) is 0 Å². The van der Waals surface area contributed by atoms with Crippen molar-refractivity contribution in [3.05, 3.63) is 12.3 Å². The summed E-state index contributed by atoms with van der Waals surface area (Å²) in [4.78, 5) is 0. The Hall–Kier alpha value is -0.500. The molecule has 2 nitrogen and oxygen atoms in total. The van der Waals surface area contributed by atoms with Crippen molar-refractivity contribution in [2.24, 2.45) is 5.41 Å². The van der Waals surface area contributed by atoms with Crippen LogP contribution in [-0.4, -0.2) is 30.7 Å². The van der Waals surface area contributed by atoms with Crippen LogP contribution in [0.25, 0.3) is 0 Å². The summed E-state index contributed by atoms with van der Waals surface area (Å²) < 4.78 is 0. The second kappa shape index (κ2) is 5.28. The third kappa shape index (κ3) is 4.94. The highest BCUT2D eigenvalue weighted by molar-refractivity contribution is 4.76. The molecule has 0 bridgehead atoms. The van der Waals surface area contributed by atoms with Crippen molar-refractivity contribution in [3.8, 4) is 0 Å². The molecule has 0 radical (unpaired) electrons.